The van der Waals surface area contributed by atoms with Crippen molar-refractivity contribution in [3.05, 3.63) is 24.0 Å². The standard InChI is InChI=1S/C21H29N3O3/c1-22-12-4-7-17(22)19(26)20(27)23-13-10-21(11-14-23)9-8-18(25)24(15-21)16-5-2-3-6-16/h4,7,12,16H,2-3,5-6,8-11,13-15H2,1H3. The summed E-state index contributed by atoms with van der Waals surface area (Å²) in [4.78, 5) is 41.4. The van der Waals surface area contributed by atoms with E-state index in [1.54, 1.807) is 34.8 Å². The van der Waals surface area contributed by atoms with Gasteiger partial charge in [-0.2, -0.15) is 0 Å². The third kappa shape index (κ3) is 3.42. The Labute approximate surface area is 160 Å². The molecule has 2 amide bonds. The Balaban J connectivity index is 1.39. The van der Waals surface area contributed by atoms with E-state index in [0.717, 1.165) is 38.6 Å². The van der Waals surface area contributed by atoms with Crippen LogP contribution >= 0.6 is 0 Å². The van der Waals surface area contributed by atoms with Crippen LogP contribution in [0.1, 0.15) is 61.9 Å². The van der Waals surface area contributed by atoms with Crippen LogP contribution in [0.5, 0.6) is 0 Å². The number of carbonyl (C=O) groups excluding carboxylic acids is 3. The molecule has 3 aliphatic rings. The maximum atomic E-state index is 12.6. The molecule has 6 nitrogen and oxygen atoms in total. The van der Waals surface area contributed by atoms with Crippen LogP contribution in [0.15, 0.2) is 18.3 Å². The Morgan fingerprint density at radius 3 is 2.44 bits per heavy atom. The smallest absolute Gasteiger partial charge is 0.296 e. The minimum atomic E-state index is -0.426. The van der Waals surface area contributed by atoms with Gasteiger partial charge in [-0.1, -0.05) is 12.8 Å². The van der Waals surface area contributed by atoms with Crippen LogP contribution in [-0.2, 0) is 16.6 Å². The Kier molecular flexibility index (Phi) is 4.82. The quantitative estimate of drug-likeness (QED) is 0.605. The SMILES string of the molecule is Cn1cccc1C(=O)C(=O)N1CCC2(CCC(=O)N(C3CCCC3)C2)CC1. The molecule has 3 fully saturated rings. The maximum Gasteiger partial charge on any atom is 0.296 e. The molecule has 0 radical (unpaired) electrons. The van der Waals surface area contributed by atoms with Gasteiger partial charge in [0.25, 0.3) is 11.7 Å². The molecule has 1 spiro atoms. The van der Waals surface area contributed by atoms with E-state index < -0.39 is 11.7 Å². The molecule has 1 aliphatic carbocycles. The number of hydrogen-bond donors (Lipinski definition) is 0. The van der Waals surface area contributed by atoms with E-state index in [4.69, 9.17) is 0 Å². The van der Waals surface area contributed by atoms with Crippen LogP contribution in [0.3, 0.4) is 0 Å². The summed E-state index contributed by atoms with van der Waals surface area (Å²) < 4.78 is 1.69. The molecule has 1 aromatic rings. The van der Waals surface area contributed by atoms with Gasteiger partial charge in [0, 0.05) is 45.3 Å². The van der Waals surface area contributed by atoms with Gasteiger partial charge in [0.2, 0.25) is 5.91 Å². The lowest BCUT2D eigenvalue weighted by atomic mass is 9.72. The Hall–Kier alpha value is -2.11. The molecule has 2 saturated heterocycles. The number of ketones is 1. The fourth-order valence-electron chi connectivity index (χ4n) is 5.14. The molecule has 27 heavy (non-hydrogen) atoms. The summed E-state index contributed by atoms with van der Waals surface area (Å²) >= 11 is 0. The number of amides is 2. The lowest BCUT2D eigenvalue weighted by Crippen LogP contribution is -2.55. The number of likely N-dealkylation sites (tertiary alicyclic amines) is 2. The summed E-state index contributed by atoms with van der Waals surface area (Å²) in [6, 6.07) is 3.90. The molecule has 3 heterocycles. The highest BCUT2D eigenvalue weighted by Crippen LogP contribution is 2.42. The van der Waals surface area contributed by atoms with Gasteiger partial charge in [-0.15, -0.1) is 0 Å². The molecule has 0 unspecified atom stereocenters. The van der Waals surface area contributed by atoms with Crippen LogP contribution < -0.4 is 0 Å². The van der Waals surface area contributed by atoms with E-state index in [1.807, 2.05) is 0 Å². The fourth-order valence-corrected chi connectivity index (χ4v) is 5.14. The van der Waals surface area contributed by atoms with Crippen molar-refractivity contribution in [3.63, 3.8) is 0 Å². The van der Waals surface area contributed by atoms with Crippen molar-refractivity contribution >= 4 is 17.6 Å². The molecule has 0 atom stereocenters. The largest absolute Gasteiger partial charge is 0.348 e. The number of nitrogens with zero attached hydrogens (tertiary/aromatic N) is 3. The molecule has 0 N–H and O–H groups in total. The zero-order chi connectivity index (χ0) is 19.0. The summed E-state index contributed by atoms with van der Waals surface area (Å²) in [6.07, 6.45) is 9.83. The van der Waals surface area contributed by atoms with Crippen molar-refractivity contribution in [1.82, 2.24) is 14.4 Å². The number of aromatic nitrogens is 1. The average Bonchev–Trinajstić information content (AvgIpc) is 3.35. The molecule has 4 rings (SSSR count). The van der Waals surface area contributed by atoms with E-state index in [9.17, 15) is 14.4 Å². The van der Waals surface area contributed by atoms with E-state index in [1.165, 1.54) is 12.8 Å². The molecule has 6 heteroatoms. The summed E-state index contributed by atoms with van der Waals surface area (Å²) in [7, 11) is 1.78. The lowest BCUT2D eigenvalue weighted by molar-refractivity contribution is -0.144. The highest BCUT2D eigenvalue weighted by atomic mass is 16.2. The minimum absolute atomic E-state index is 0.126. The van der Waals surface area contributed by atoms with Crippen LogP contribution in [0, 0.1) is 5.41 Å². The van der Waals surface area contributed by atoms with Crippen molar-refractivity contribution in [2.45, 2.75) is 57.4 Å². The first-order chi connectivity index (χ1) is 13.0. The van der Waals surface area contributed by atoms with E-state index in [2.05, 4.69) is 4.90 Å². The second kappa shape index (κ2) is 7.13. The number of Topliss-reactive ketones (excluding diaryl/α,β-unsaturated/α-hetero) is 1. The van der Waals surface area contributed by atoms with Gasteiger partial charge in [-0.3, -0.25) is 14.4 Å². The van der Waals surface area contributed by atoms with Crippen LogP contribution in [0.2, 0.25) is 0 Å². The van der Waals surface area contributed by atoms with Gasteiger partial charge in [0.1, 0.15) is 0 Å². The number of carbonyl (C=O) groups is 3. The number of aryl methyl sites for hydroxylation is 1. The topological polar surface area (TPSA) is 62.6 Å². The summed E-state index contributed by atoms with van der Waals surface area (Å²) in [6.45, 7) is 2.06. The first-order valence-electron chi connectivity index (χ1n) is 10.2. The second-order valence-corrected chi connectivity index (χ2v) is 8.59. The first-order valence-corrected chi connectivity index (χ1v) is 10.2. The Morgan fingerprint density at radius 1 is 1.11 bits per heavy atom. The van der Waals surface area contributed by atoms with Gasteiger partial charge in [0.15, 0.2) is 0 Å². The predicted molar refractivity (Wildman–Crippen MR) is 101 cm³/mol. The van der Waals surface area contributed by atoms with Gasteiger partial charge in [-0.25, -0.2) is 0 Å². The highest BCUT2D eigenvalue weighted by Gasteiger charge is 2.44. The average molecular weight is 371 g/mol. The minimum Gasteiger partial charge on any atom is -0.348 e. The summed E-state index contributed by atoms with van der Waals surface area (Å²) in [5, 5.41) is 0. The summed E-state index contributed by atoms with van der Waals surface area (Å²) in [5.74, 6) is -0.513. The normalized spacial score (nSPS) is 23.2. The maximum absolute atomic E-state index is 12.6. The Morgan fingerprint density at radius 2 is 1.81 bits per heavy atom. The van der Waals surface area contributed by atoms with Gasteiger partial charge < -0.3 is 14.4 Å². The Bertz CT molecular complexity index is 740. The monoisotopic (exact) mass is 371 g/mol. The van der Waals surface area contributed by atoms with Gasteiger partial charge in [0.05, 0.1) is 5.69 Å². The van der Waals surface area contributed by atoms with Gasteiger partial charge >= 0.3 is 0 Å². The van der Waals surface area contributed by atoms with Crippen molar-refractivity contribution in [2.75, 3.05) is 19.6 Å². The first kappa shape index (κ1) is 18.3. The fraction of sp³-hybridized carbons (Fsp3) is 0.667. The zero-order valence-corrected chi connectivity index (χ0v) is 16.2. The molecular weight excluding hydrogens is 342 g/mol. The summed E-state index contributed by atoms with van der Waals surface area (Å²) in [5.41, 5.74) is 0.567. The molecule has 0 bridgehead atoms. The van der Waals surface area contributed by atoms with E-state index in [-0.39, 0.29) is 5.41 Å². The molecule has 1 aromatic heterocycles. The zero-order valence-electron chi connectivity index (χ0n) is 16.2. The number of hydrogen-bond acceptors (Lipinski definition) is 3. The van der Waals surface area contributed by atoms with Crippen molar-refractivity contribution in [1.29, 1.82) is 0 Å². The van der Waals surface area contributed by atoms with Gasteiger partial charge in [-0.05, 0) is 49.7 Å². The van der Waals surface area contributed by atoms with Crippen molar-refractivity contribution in [2.24, 2.45) is 12.5 Å². The van der Waals surface area contributed by atoms with E-state index >= 15 is 0 Å². The molecule has 146 valence electrons. The van der Waals surface area contributed by atoms with Crippen molar-refractivity contribution < 1.29 is 14.4 Å². The third-order valence-corrected chi connectivity index (χ3v) is 6.94. The van der Waals surface area contributed by atoms with Crippen molar-refractivity contribution in [3.8, 4) is 0 Å². The van der Waals surface area contributed by atoms with Crippen LogP contribution in [0.4, 0.5) is 0 Å². The van der Waals surface area contributed by atoms with Crippen LogP contribution in [-0.4, -0.2) is 57.6 Å². The van der Waals surface area contributed by atoms with Crippen LogP contribution in [0.25, 0.3) is 0 Å². The van der Waals surface area contributed by atoms with E-state index in [0.29, 0.717) is 37.2 Å². The molecule has 2 aliphatic heterocycles. The predicted octanol–water partition coefficient (Wildman–Crippen LogP) is 2.38. The lowest BCUT2D eigenvalue weighted by Gasteiger charge is -2.48. The third-order valence-electron chi connectivity index (χ3n) is 6.94. The second-order valence-electron chi connectivity index (χ2n) is 8.59. The molecular formula is C21H29N3O3. The molecule has 1 saturated carbocycles. The number of piperidine rings is 2. The number of rotatable bonds is 3. The highest BCUT2D eigenvalue weighted by molar-refractivity contribution is 6.42. The molecule has 0 aromatic carbocycles.